The number of nitrogens with two attached hydrogens (primary N) is 1. The summed E-state index contributed by atoms with van der Waals surface area (Å²) in [6, 6.07) is 8.24. The van der Waals surface area contributed by atoms with E-state index >= 15 is 0 Å². The molecule has 2 N–H and O–H groups in total. The maximum Gasteiger partial charge on any atom is 0.175 e. The van der Waals surface area contributed by atoms with Crippen LogP contribution in [0.15, 0.2) is 28.8 Å². The van der Waals surface area contributed by atoms with E-state index in [2.05, 4.69) is 24.2 Å². The van der Waals surface area contributed by atoms with E-state index < -0.39 is 0 Å². The molecule has 1 unspecified atom stereocenters. The largest absolute Gasteiger partial charge is 0.381 e. The lowest BCUT2D eigenvalue weighted by Gasteiger charge is -2.20. The molecule has 4 nitrogen and oxygen atoms in total. The predicted molar refractivity (Wildman–Crippen MR) is 73.9 cm³/mol. The van der Waals surface area contributed by atoms with E-state index in [0.29, 0.717) is 12.4 Å². The first-order valence-corrected chi connectivity index (χ1v) is 6.65. The summed E-state index contributed by atoms with van der Waals surface area (Å²) in [6.45, 7) is 3.59. The molecule has 0 spiro atoms. The van der Waals surface area contributed by atoms with Crippen LogP contribution in [-0.2, 0) is 4.74 Å². The minimum atomic E-state index is 0.258. The Kier molecular flexibility index (Phi) is 3.25. The molecule has 1 aliphatic heterocycles. The van der Waals surface area contributed by atoms with E-state index in [4.69, 9.17) is 15.0 Å². The molecule has 4 heteroatoms. The van der Waals surface area contributed by atoms with Gasteiger partial charge in [0.25, 0.3) is 0 Å². The lowest BCUT2D eigenvalue weighted by atomic mass is 9.93. The SMILES string of the molecule is Cc1cccc(-c2c(N)noc2C2CCCOC2)c1. The molecule has 0 amide bonds. The third kappa shape index (κ3) is 2.36. The quantitative estimate of drug-likeness (QED) is 0.899. The van der Waals surface area contributed by atoms with E-state index in [1.54, 1.807) is 0 Å². The molecular formula is C15H18N2O2. The van der Waals surface area contributed by atoms with Gasteiger partial charge in [-0.25, -0.2) is 0 Å². The number of ether oxygens (including phenoxy) is 1. The van der Waals surface area contributed by atoms with Crippen molar-refractivity contribution in [1.82, 2.24) is 5.16 Å². The molecule has 0 aliphatic carbocycles. The van der Waals surface area contributed by atoms with Gasteiger partial charge in [-0.3, -0.25) is 0 Å². The number of nitrogen functional groups attached to an aromatic ring is 1. The first-order valence-electron chi connectivity index (χ1n) is 6.65. The van der Waals surface area contributed by atoms with Crippen molar-refractivity contribution in [2.24, 2.45) is 0 Å². The van der Waals surface area contributed by atoms with Crippen LogP contribution in [0, 0.1) is 6.92 Å². The van der Waals surface area contributed by atoms with Crippen molar-refractivity contribution in [2.45, 2.75) is 25.7 Å². The highest BCUT2D eigenvalue weighted by Gasteiger charge is 2.26. The lowest BCUT2D eigenvalue weighted by Crippen LogP contribution is -2.15. The summed E-state index contributed by atoms with van der Waals surface area (Å²) in [6.07, 6.45) is 2.12. The van der Waals surface area contributed by atoms with Gasteiger partial charge in [-0.15, -0.1) is 0 Å². The fraction of sp³-hybridized carbons (Fsp3) is 0.400. The van der Waals surface area contributed by atoms with Gasteiger partial charge < -0.3 is 15.0 Å². The maximum absolute atomic E-state index is 5.98. The van der Waals surface area contributed by atoms with Crippen molar-refractivity contribution < 1.29 is 9.26 Å². The second kappa shape index (κ2) is 5.05. The standard InChI is InChI=1S/C15H18N2O2/c1-10-4-2-5-11(8-10)13-14(19-17-15(13)16)12-6-3-7-18-9-12/h2,4-5,8,12H,3,6-7,9H2,1H3,(H2,16,17). The van der Waals surface area contributed by atoms with E-state index in [1.807, 2.05) is 12.1 Å². The van der Waals surface area contributed by atoms with E-state index in [9.17, 15) is 0 Å². The van der Waals surface area contributed by atoms with Crippen LogP contribution in [0.25, 0.3) is 11.1 Å². The smallest absolute Gasteiger partial charge is 0.175 e. The second-order valence-electron chi connectivity index (χ2n) is 5.09. The second-order valence-corrected chi connectivity index (χ2v) is 5.09. The molecule has 3 rings (SSSR count). The highest BCUT2D eigenvalue weighted by Crippen LogP contribution is 2.37. The highest BCUT2D eigenvalue weighted by atomic mass is 16.5. The molecule has 100 valence electrons. The van der Waals surface area contributed by atoms with Crippen LogP contribution >= 0.6 is 0 Å². The molecule has 0 saturated carbocycles. The van der Waals surface area contributed by atoms with Crippen molar-refractivity contribution in [3.8, 4) is 11.1 Å². The molecule has 0 radical (unpaired) electrons. The molecule has 1 aromatic carbocycles. The monoisotopic (exact) mass is 258 g/mol. The average molecular weight is 258 g/mol. The number of hydrogen-bond acceptors (Lipinski definition) is 4. The number of aromatic nitrogens is 1. The Labute approximate surface area is 112 Å². The molecule has 0 bridgehead atoms. The Morgan fingerprint density at radius 2 is 2.26 bits per heavy atom. The minimum absolute atomic E-state index is 0.258. The Hall–Kier alpha value is -1.81. The third-order valence-electron chi connectivity index (χ3n) is 3.58. The minimum Gasteiger partial charge on any atom is -0.381 e. The zero-order valence-electron chi connectivity index (χ0n) is 11.1. The van der Waals surface area contributed by atoms with Gasteiger partial charge in [0.15, 0.2) is 11.6 Å². The molecule has 1 atom stereocenters. The summed E-state index contributed by atoms with van der Waals surface area (Å²) >= 11 is 0. The van der Waals surface area contributed by atoms with Gasteiger partial charge in [-0.1, -0.05) is 35.0 Å². The van der Waals surface area contributed by atoms with Gasteiger partial charge in [-0.05, 0) is 25.3 Å². The average Bonchev–Trinajstić information content (AvgIpc) is 2.82. The van der Waals surface area contributed by atoms with Crippen LogP contribution in [0.2, 0.25) is 0 Å². The van der Waals surface area contributed by atoms with Crippen molar-refractivity contribution in [2.75, 3.05) is 18.9 Å². The number of rotatable bonds is 2. The summed E-state index contributed by atoms with van der Waals surface area (Å²) in [5.74, 6) is 1.59. The van der Waals surface area contributed by atoms with Crippen LogP contribution in [0.1, 0.15) is 30.1 Å². The Morgan fingerprint density at radius 1 is 1.37 bits per heavy atom. The van der Waals surface area contributed by atoms with Crippen LogP contribution in [0.4, 0.5) is 5.82 Å². The van der Waals surface area contributed by atoms with Gasteiger partial charge in [0, 0.05) is 12.5 Å². The molecular weight excluding hydrogens is 240 g/mol. The van der Waals surface area contributed by atoms with Crippen molar-refractivity contribution >= 4 is 5.82 Å². The summed E-state index contributed by atoms with van der Waals surface area (Å²) in [4.78, 5) is 0. The van der Waals surface area contributed by atoms with Crippen LogP contribution in [-0.4, -0.2) is 18.4 Å². The molecule has 1 saturated heterocycles. The Morgan fingerprint density at radius 3 is 3.00 bits per heavy atom. The van der Waals surface area contributed by atoms with Crippen LogP contribution in [0.5, 0.6) is 0 Å². The number of benzene rings is 1. The fourth-order valence-electron chi connectivity index (χ4n) is 2.63. The Bertz CT molecular complexity index is 571. The van der Waals surface area contributed by atoms with Gasteiger partial charge in [-0.2, -0.15) is 0 Å². The van der Waals surface area contributed by atoms with Crippen LogP contribution < -0.4 is 5.73 Å². The Balaban J connectivity index is 2.03. The van der Waals surface area contributed by atoms with E-state index in [0.717, 1.165) is 36.3 Å². The van der Waals surface area contributed by atoms with Crippen molar-refractivity contribution in [3.63, 3.8) is 0 Å². The molecule has 1 aromatic heterocycles. The first-order chi connectivity index (χ1) is 9.25. The maximum atomic E-state index is 5.98. The van der Waals surface area contributed by atoms with E-state index in [1.165, 1.54) is 5.56 Å². The van der Waals surface area contributed by atoms with Gasteiger partial charge in [0.2, 0.25) is 0 Å². The van der Waals surface area contributed by atoms with Crippen molar-refractivity contribution in [3.05, 3.63) is 35.6 Å². The fourth-order valence-corrected chi connectivity index (χ4v) is 2.63. The zero-order chi connectivity index (χ0) is 13.2. The molecule has 2 aromatic rings. The highest BCUT2D eigenvalue weighted by molar-refractivity contribution is 5.76. The van der Waals surface area contributed by atoms with Gasteiger partial charge in [0.1, 0.15) is 0 Å². The normalized spacial score (nSPS) is 19.5. The topological polar surface area (TPSA) is 61.3 Å². The summed E-state index contributed by atoms with van der Waals surface area (Å²) < 4.78 is 11.0. The third-order valence-corrected chi connectivity index (χ3v) is 3.58. The molecule has 19 heavy (non-hydrogen) atoms. The lowest BCUT2D eigenvalue weighted by molar-refractivity contribution is 0.0723. The zero-order valence-corrected chi connectivity index (χ0v) is 11.1. The molecule has 1 aliphatic rings. The summed E-state index contributed by atoms with van der Waals surface area (Å²) in [7, 11) is 0. The molecule has 1 fully saturated rings. The number of anilines is 1. The van der Waals surface area contributed by atoms with Gasteiger partial charge >= 0.3 is 0 Å². The predicted octanol–water partition coefficient (Wildman–Crippen LogP) is 3.13. The van der Waals surface area contributed by atoms with E-state index in [-0.39, 0.29) is 5.92 Å². The summed E-state index contributed by atoms with van der Waals surface area (Å²) in [5.41, 5.74) is 9.18. The van der Waals surface area contributed by atoms with Crippen LogP contribution in [0.3, 0.4) is 0 Å². The van der Waals surface area contributed by atoms with Gasteiger partial charge in [0.05, 0.1) is 12.2 Å². The summed E-state index contributed by atoms with van der Waals surface area (Å²) in [5, 5.41) is 3.95. The number of nitrogens with zero attached hydrogens (tertiary/aromatic N) is 1. The molecule has 2 heterocycles. The van der Waals surface area contributed by atoms with Crippen molar-refractivity contribution in [1.29, 1.82) is 0 Å². The number of hydrogen-bond donors (Lipinski definition) is 1. The first kappa shape index (κ1) is 12.2. The number of aryl methyl sites for hydroxylation is 1.